The molecule has 0 aliphatic heterocycles. The van der Waals surface area contributed by atoms with E-state index in [1.54, 1.807) is 26.1 Å². The van der Waals surface area contributed by atoms with Gasteiger partial charge >= 0.3 is 0 Å². The van der Waals surface area contributed by atoms with Crippen LogP contribution >= 0.6 is 11.3 Å². The molecule has 0 unspecified atom stereocenters. The Kier molecular flexibility index (Phi) is 3.62. The van der Waals surface area contributed by atoms with Crippen molar-refractivity contribution in [2.75, 3.05) is 0 Å². The minimum absolute atomic E-state index is 0.0195. The topological polar surface area (TPSA) is 77.4 Å². The maximum atomic E-state index is 12.2. The molecular formula is C13H13N3O2S. The lowest BCUT2D eigenvalue weighted by Crippen LogP contribution is -2.30. The molecule has 98 valence electrons. The number of thiophene rings is 1. The maximum absolute atomic E-state index is 12.2. The molecule has 6 heteroatoms. The van der Waals surface area contributed by atoms with Crippen molar-refractivity contribution in [3.63, 3.8) is 0 Å². The first kappa shape index (κ1) is 13.2. The van der Waals surface area contributed by atoms with Crippen LogP contribution in [0.1, 0.15) is 26.5 Å². The number of pyridine rings is 1. The van der Waals surface area contributed by atoms with Gasteiger partial charge in [0.2, 0.25) is 0 Å². The number of rotatable bonds is 3. The molecule has 0 saturated carbocycles. The van der Waals surface area contributed by atoms with Crippen LogP contribution in [-0.4, -0.2) is 16.8 Å². The summed E-state index contributed by atoms with van der Waals surface area (Å²) in [4.78, 5) is 24.4. The number of primary amides is 1. The molecule has 0 spiro atoms. The highest BCUT2D eigenvalue weighted by Gasteiger charge is 2.14. The van der Waals surface area contributed by atoms with Crippen LogP contribution in [0, 0.1) is 13.8 Å². The predicted octanol–water partition coefficient (Wildman–Crippen LogP) is 1.51. The highest BCUT2D eigenvalue weighted by Crippen LogP contribution is 2.07. The molecule has 0 fully saturated rings. The van der Waals surface area contributed by atoms with Gasteiger partial charge in [0.25, 0.3) is 11.5 Å². The summed E-state index contributed by atoms with van der Waals surface area (Å²) in [6.07, 6.45) is 1.58. The highest BCUT2D eigenvalue weighted by atomic mass is 32.1. The first-order valence-electron chi connectivity index (χ1n) is 5.61. The van der Waals surface area contributed by atoms with Crippen LogP contribution in [-0.2, 0) is 0 Å². The number of carbonyl (C=O) groups is 1. The van der Waals surface area contributed by atoms with Crippen molar-refractivity contribution in [3.8, 4) is 0 Å². The van der Waals surface area contributed by atoms with E-state index < -0.39 is 11.5 Å². The summed E-state index contributed by atoms with van der Waals surface area (Å²) >= 11 is 1.51. The Morgan fingerprint density at radius 2 is 2.21 bits per heavy atom. The molecule has 2 N–H and O–H groups in total. The van der Waals surface area contributed by atoms with Gasteiger partial charge in [-0.15, -0.1) is 11.3 Å². The number of hydrogen-bond donors (Lipinski definition) is 1. The Morgan fingerprint density at radius 1 is 1.47 bits per heavy atom. The predicted molar refractivity (Wildman–Crippen MR) is 76.0 cm³/mol. The lowest BCUT2D eigenvalue weighted by Gasteiger charge is -2.07. The largest absolute Gasteiger partial charge is 0.365 e. The minimum Gasteiger partial charge on any atom is -0.365 e. The molecule has 2 aromatic rings. The molecule has 2 rings (SSSR count). The van der Waals surface area contributed by atoms with Crippen molar-refractivity contribution in [2.45, 2.75) is 13.8 Å². The Bertz CT molecular complexity index is 699. The molecule has 0 saturated heterocycles. The molecule has 0 aliphatic rings. The summed E-state index contributed by atoms with van der Waals surface area (Å²) in [5.41, 5.74) is 5.94. The molecule has 19 heavy (non-hydrogen) atoms. The molecule has 2 aromatic heterocycles. The lowest BCUT2D eigenvalue weighted by molar-refractivity contribution is 0.0997. The second kappa shape index (κ2) is 5.19. The van der Waals surface area contributed by atoms with Crippen LogP contribution in [0.15, 0.2) is 33.5 Å². The van der Waals surface area contributed by atoms with Crippen LogP contribution in [0.25, 0.3) is 0 Å². The molecule has 5 nitrogen and oxygen atoms in total. The number of hydrogen-bond acceptors (Lipinski definition) is 4. The normalized spacial score (nSPS) is 11.1. The van der Waals surface area contributed by atoms with Gasteiger partial charge in [-0.3, -0.25) is 9.59 Å². The molecule has 0 radical (unpaired) electrons. The molecular weight excluding hydrogens is 262 g/mol. The van der Waals surface area contributed by atoms with Crippen molar-refractivity contribution >= 4 is 23.5 Å². The van der Waals surface area contributed by atoms with Gasteiger partial charge in [-0.05, 0) is 36.9 Å². The van der Waals surface area contributed by atoms with E-state index in [9.17, 15) is 9.59 Å². The van der Waals surface area contributed by atoms with E-state index in [0.717, 1.165) is 4.88 Å². The van der Waals surface area contributed by atoms with E-state index in [-0.39, 0.29) is 5.56 Å². The van der Waals surface area contributed by atoms with E-state index in [0.29, 0.717) is 11.3 Å². The average Bonchev–Trinajstić information content (AvgIpc) is 2.80. The van der Waals surface area contributed by atoms with E-state index in [1.165, 1.54) is 16.0 Å². The van der Waals surface area contributed by atoms with Crippen LogP contribution < -0.4 is 11.3 Å². The van der Waals surface area contributed by atoms with Crippen molar-refractivity contribution < 1.29 is 4.79 Å². The fourth-order valence-corrected chi connectivity index (χ4v) is 2.38. The van der Waals surface area contributed by atoms with Crippen molar-refractivity contribution in [3.05, 3.63) is 55.6 Å². The van der Waals surface area contributed by atoms with Gasteiger partial charge in [0, 0.05) is 10.6 Å². The highest BCUT2D eigenvalue weighted by molar-refractivity contribution is 7.11. The van der Waals surface area contributed by atoms with Gasteiger partial charge in [0.05, 0.1) is 6.21 Å². The summed E-state index contributed by atoms with van der Waals surface area (Å²) in [6, 6.07) is 5.50. The van der Waals surface area contributed by atoms with Crippen LogP contribution in [0.2, 0.25) is 0 Å². The number of aryl methyl sites for hydroxylation is 2. The van der Waals surface area contributed by atoms with Crippen LogP contribution in [0.3, 0.4) is 0 Å². The fraction of sp³-hybridized carbons (Fsp3) is 0.154. The van der Waals surface area contributed by atoms with E-state index in [1.807, 2.05) is 17.5 Å². The van der Waals surface area contributed by atoms with Gasteiger partial charge in [-0.1, -0.05) is 6.07 Å². The summed E-state index contributed by atoms with van der Waals surface area (Å²) < 4.78 is 1.19. The Balaban J connectivity index is 2.55. The quantitative estimate of drug-likeness (QED) is 0.862. The first-order valence-corrected chi connectivity index (χ1v) is 6.49. The Morgan fingerprint density at radius 3 is 2.79 bits per heavy atom. The lowest BCUT2D eigenvalue weighted by atomic mass is 10.1. The summed E-state index contributed by atoms with van der Waals surface area (Å²) in [5.74, 6) is -0.734. The number of nitrogens with zero attached hydrogens (tertiary/aromatic N) is 2. The van der Waals surface area contributed by atoms with Crippen molar-refractivity contribution in [2.24, 2.45) is 10.8 Å². The molecule has 1 amide bonds. The fourth-order valence-electron chi connectivity index (χ4n) is 1.80. The maximum Gasteiger partial charge on any atom is 0.284 e. The van der Waals surface area contributed by atoms with Crippen LogP contribution in [0.4, 0.5) is 0 Å². The Labute approximate surface area is 114 Å². The molecule has 2 heterocycles. The van der Waals surface area contributed by atoms with E-state index in [2.05, 4.69) is 5.10 Å². The monoisotopic (exact) mass is 275 g/mol. The molecule has 0 bridgehead atoms. The molecule has 0 aromatic carbocycles. The second-order valence-electron chi connectivity index (χ2n) is 4.08. The Hall–Kier alpha value is -2.21. The zero-order valence-electron chi connectivity index (χ0n) is 10.6. The second-order valence-corrected chi connectivity index (χ2v) is 5.06. The van der Waals surface area contributed by atoms with Crippen molar-refractivity contribution in [1.29, 1.82) is 0 Å². The zero-order valence-corrected chi connectivity index (χ0v) is 11.4. The summed E-state index contributed by atoms with van der Waals surface area (Å²) in [6.45, 7) is 3.44. The van der Waals surface area contributed by atoms with Gasteiger partial charge in [-0.25, -0.2) is 4.68 Å². The SMILES string of the molecule is Cc1cc(C)n(/N=C/c2cccs2)c(=O)c1C(N)=O. The van der Waals surface area contributed by atoms with E-state index >= 15 is 0 Å². The third kappa shape index (κ3) is 2.63. The average molecular weight is 275 g/mol. The smallest absolute Gasteiger partial charge is 0.284 e. The molecule has 0 atom stereocenters. The van der Waals surface area contributed by atoms with Gasteiger partial charge < -0.3 is 5.73 Å². The minimum atomic E-state index is -0.734. The van der Waals surface area contributed by atoms with Gasteiger partial charge in [0.1, 0.15) is 5.56 Å². The zero-order chi connectivity index (χ0) is 14.0. The van der Waals surface area contributed by atoms with Gasteiger partial charge in [-0.2, -0.15) is 5.10 Å². The van der Waals surface area contributed by atoms with Crippen LogP contribution in [0.5, 0.6) is 0 Å². The standard InChI is InChI=1S/C13H13N3O2S/c1-8-6-9(2)16(13(18)11(8)12(14)17)15-7-10-4-3-5-19-10/h3-7H,1-2H3,(H2,14,17)/b15-7+. The number of amides is 1. The van der Waals surface area contributed by atoms with Gasteiger partial charge in [0.15, 0.2) is 0 Å². The number of nitrogens with two attached hydrogens (primary N) is 1. The summed E-state index contributed by atoms with van der Waals surface area (Å²) in [5, 5.41) is 6.03. The van der Waals surface area contributed by atoms with E-state index in [4.69, 9.17) is 5.73 Å². The van der Waals surface area contributed by atoms with Crippen molar-refractivity contribution in [1.82, 2.24) is 4.68 Å². The third-order valence-corrected chi connectivity index (χ3v) is 3.46. The molecule has 0 aliphatic carbocycles. The number of aromatic nitrogens is 1. The first-order chi connectivity index (χ1) is 9.00. The number of carbonyl (C=O) groups excluding carboxylic acids is 1. The third-order valence-electron chi connectivity index (χ3n) is 2.65. The summed E-state index contributed by atoms with van der Waals surface area (Å²) in [7, 11) is 0.